The van der Waals surface area contributed by atoms with Crippen molar-refractivity contribution in [2.24, 2.45) is 0 Å². The molecule has 1 aliphatic rings. The van der Waals surface area contributed by atoms with Gasteiger partial charge >= 0.3 is 0 Å². The number of hydrogen-bond acceptors (Lipinski definition) is 6. The molecular weight excluding hydrogens is 500 g/mol. The molecule has 3 aromatic heterocycles. The van der Waals surface area contributed by atoms with Gasteiger partial charge in [-0.2, -0.15) is 5.10 Å². The number of aromatic amines is 1. The number of piperidine rings is 1. The molecule has 4 aromatic rings. The number of hydrogen-bond donors (Lipinski definition) is 3. The van der Waals surface area contributed by atoms with Crippen molar-refractivity contribution in [3.8, 4) is 11.1 Å². The molecule has 3 amide bonds. The molecule has 1 aliphatic heterocycles. The first-order chi connectivity index (χ1) is 18.4. The van der Waals surface area contributed by atoms with Crippen LogP contribution in [0.2, 0.25) is 0 Å². The van der Waals surface area contributed by atoms with Crippen LogP contribution in [0.25, 0.3) is 22.0 Å². The summed E-state index contributed by atoms with van der Waals surface area (Å²) in [7, 11) is 0. The summed E-state index contributed by atoms with van der Waals surface area (Å²) in [5.74, 6) is -0.178. The highest BCUT2D eigenvalue weighted by Gasteiger charge is 2.23. The van der Waals surface area contributed by atoms with Crippen LogP contribution in [0.3, 0.4) is 0 Å². The third-order valence-electron chi connectivity index (χ3n) is 7.01. The van der Waals surface area contributed by atoms with Crippen LogP contribution < -0.4 is 10.6 Å². The van der Waals surface area contributed by atoms with Gasteiger partial charge in [0.1, 0.15) is 0 Å². The fourth-order valence-corrected chi connectivity index (χ4v) is 5.57. The van der Waals surface area contributed by atoms with Crippen molar-refractivity contribution in [3.63, 3.8) is 0 Å². The molecule has 0 spiro atoms. The maximum atomic E-state index is 13.0. The molecule has 196 valence electrons. The summed E-state index contributed by atoms with van der Waals surface area (Å²) in [5.41, 5.74) is 4.15. The maximum Gasteiger partial charge on any atom is 0.261 e. The van der Waals surface area contributed by atoms with E-state index in [0.29, 0.717) is 30.0 Å². The van der Waals surface area contributed by atoms with Crippen LogP contribution in [0.1, 0.15) is 64.7 Å². The molecular formula is C28H30N6O3S. The summed E-state index contributed by atoms with van der Waals surface area (Å²) in [6.45, 7) is 4.93. The van der Waals surface area contributed by atoms with Gasteiger partial charge in [0.2, 0.25) is 5.91 Å². The van der Waals surface area contributed by atoms with Gasteiger partial charge < -0.3 is 15.5 Å². The second-order valence-electron chi connectivity index (χ2n) is 9.57. The van der Waals surface area contributed by atoms with Gasteiger partial charge in [-0.1, -0.05) is 6.92 Å². The van der Waals surface area contributed by atoms with E-state index in [0.717, 1.165) is 40.4 Å². The summed E-state index contributed by atoms with van der Waals surface area (Å²) in [6, 6.07) is 9.20. The number of aromatic nitrogens is 3. The standard InChI is InChI=1S/C28H30N6O3S/c1-3-24(32-27(36)18-4-5-25-21(10-18)15-30-33-25)20-11-19(13-29-14-20)22-12-26(38-16-22)28(37)31-23-6-8-34(9-7-23)17(2)35/h4-5,10-16,23-24H,3,6-9H2,1-2H3,(H,30,33)(H,31,37)(H,32,36). The van der Waals surface area contributed by atoms with Gasteiger partial charge in [0, 0.05) is 55.0 Å². The third-order valence-corrected chi connectivity index (χ3v) is 7.94. The average Bonchev–Trinajstić information content (AvgIpc) is 3.62. The van der Waals surface area contributed by atoms with Crippen molar-refractivity contribution in [1.29, 1.82) is 0 Å². The number of benzene rings is 1. The molecule has 5 rings (SSSR count). The van der Waals surface area contributed by atoms with Gasteiger partial charge in [-0.15, -0.1) is 11.3 Å². The zero-order valence-electron chi connectivity index (χ0n) is 21.4. The Morgan fingerprint density at radius 2 is 1.89 bits per heavy atom. The van der Waals surface area contributed by atoms with Crippen molar-refractivity contribution in [2.75, 3.05) is 13.1 Å². The summed E-state index contributed by atoms with van der Waals surface area (Å²) in [5, 5.41) is 16.0. The highest BCUT2D eigenvalue weighted by atomic mass is 32.1. The Kier molecular flexibility index (Phi) is 7.50. The Morgan fingerprint density at radius 1 is 1.08 bits per heavy atom. The summed E-state index contributed by atoms with van der Waals surface area (Å²) in [4.78, 5) is 44.2. The zero-order valence-corrected chi connectivity index (χ0v) is 22.2. The Balaban J connectivity index is 1.25. The number of fused-ring (bicyclic) bond motifs is 1. The summed E-state index contributed by atoms with van der Waals surface area (Å²) >= 11 is 1.39. The largest absolute Gasteiger partial charge is 0.348 e. The van der Waals surface area contributed by atoms with Crippen LogP contribution in [0.15, 0.2) is 54.3 Å². The fourth-order valence-electron chi connectivity index (χ4n) is 4.75. The average molecular weight is 531 g/mol. The van der Waals surface area contributed by atoms with E-state index in [4.69, 9.17) is 0 Å². The summed E-state index contributed by atoms with van der Waals surface area (Å²) < 4.78 is 0. The van der Waals surface area contributed by atoms with E-state index in [1.54, 1.807) is 31.6 Å². The van der Waals surface area contributed by atoms with E-state index in [9.17, 15) is 14.4 Å². The molecule has 1 unspecified atom stereocenters. The molecule has 1 atom stereocenters. The molecule has 38 heavy (non-hydrogen) atoms. The molecule has 0 aliphatic carbocycles. The van der Waals surface area contributed by atoms with Crippen LogP contribution in [-0.4, -0.2) is 56.9 Å². The van der Waals surface area contributed by atoms with Gasteiger partial charge in [0.05, 0.1) is 22.6 Å². The van der Waals surface area contributed by atoms with Crippen LogP contribution in [0.5, 0.6) is 0 Å². The number of H-pyrrole nitrogens is 1. The number of carbonyl (C=O) groups excluding carboxylic acids is 3. The molecule has 1 saturated heterocycles. The smallest absolute Gasteiger partial charge is 0.261 e. The monoisotopic (exact) mass is 530 g/mol. The van der Waals surface area contributed by atoms with Crippen molar-refractivity contribution in [3.05, 3.63) is 70.3 Å². The van der Waals surface area contributed by atoms with E-state index in [-0.39, 0.29) is 29.8 Å². The lowest BCUT2D eigenvalue weighted by atomic mass is 10.0. The normalized spacial score (nSPS) is 14.8. The van der Waals surface area contributed by atoms with E-state index in [1.807, 2.05) is 41.5 Å². The maximum absolute atomic E-state index is 13.0. The minimum Gasteiger partial charge on any atom is -0.348 e. The summed E-state index contributed by atoms with van der Waals surface area (Å²) in [6.07, 6.45) is 7.45. The van der Waals surface area contributed by atoms with Gasteiger partial charge in [0.15, 0.2) is 0 Å². The number of amides is 3. The lowest BCUT2D eigenvalue weighted by Crippen LogP contribution is -2.45. The van der Waals surface area contributed by atoms with E-state index >= 15 is 0 Å². The van der Waals surface area contributed by atoms with Gasteiger partial charge in [0.25, 0.3) is 11.8 Å². The molecule has 0 saturated carbocycles. The molecule has 9 nitrogen and oxygen atoms in total. The van der Waals surface area contributed by atoms with Crippen LogP contribution >= 0.6 is 11.3 Å². The van der Waals surface area contributed by atoms with E-state index in [1.165, 1.54) is 11.3 Å². The SMILES string of the molecule is CCC(NC(=O)c1ccc2[nH]ncc2c1)c1cncc(-c2csc(C(=O)NC3CCN(C(C)=O)CC3)c2)c1. The minimum absolute atomic E-state index is 0.0665. The molecule has 1 aromatic carbocycles. The highest BCUT2D eigenvalue weighted by molar-refractivity contribution is 7.12. The van der Waals surface area contributed by atoms with Crippen molar-refractivity contribution in [1.82, 2.24) is 30.7 Å². The van der Waals surface area contributed by atoms with Gasteiger partial charge in [-0.25, -0.2) is 0 Å². The van der Waals surface area contributed by atoms with Crippen LogP contribution in [-0.2, 0) is 4.79 Å². The third kappa shape index (κ3) is 5.60. The lowest BCUT2D eigenvalue weighted by molar-refractivity contribution is -0.129. The van der Waals surface area contributed by atoms with Crippen LogP contribution in [0.4, 0.5) is 0 Å². The molecule has 4 heterocycles. The number of thiophene rings is 1. The molecule has 10 heteroatoms. The first-order valence-corrected chi connectivity index (χ1v) is 13.6. The number of nitrogens with zero attached hydrogens (tertiary/aromatic N) is 3. The highest BCUT2D eigenvalue weighted by Crippen LogP contribution is 2.28. The van der Waals surface area contributed by atoms with Gasteiger partial charge in [-0.3, -0.25) is 24.5 Å². The first kappa shape index (κ1) is 25.6. The van der Waals surface area contributed by atoms with E-state index < -0.39 is 0 Å². The lowest BCUT2D eigenvalue weighted by Gasteiger charge is -2.31. The Labute approximate surface area is 224 Å². The predicted molar refractivity (Wildman–Crippen MR) is 147 cm³/mol. The number of rotatable bonds is 7. The van der Waals surface area contributed by atoms with E-state index in [2.05, 4.69) is 25.8 Å². The number of nitrogens with one attached hydrogen (secondary N) is 3. The molecule has 0 bridgehead atoms. The van der Waals surface area contributed by atoms with Gasteiger partial charge in [-0.05, 0) is 66.1 Å². The van der Waals surface area contributed by atoms with Crippen LogP contribution in [0, 0.1) is 0 Å². The molecule has 3 N–H and O–H groups in total. The molecule has 1 fully saturated rings. The number of carbonyl (C=O) groups is 3. The van der Waals surface area contributed by atoms with Crippen molar-refractivity contribution < 1.29 is 14.4 Å². The molecule has 0 radical (unpaired) electrons. The quantitative estimate of drug-likeness (QED) is 0.329. The second kappa shape index (κ2) is 11.1. The number of pyridine rings is 1. The second-order valence-corrected chi connectivity index (χ2v) is 10.5. The topological polar surface area (TPSA) is 120 Å². The van der Waals surface area contributed by atoms with Crippen molar-refractivity contribution >= 4 is 40.0 Å². The predicted octanol–water partition coefficient (Wildman–Crippen LogP) is 4.31. The van der Waals surface area contributed by atoms with Crippen molar-refractivity contribution in [2.45, 2.75) is 45.2 Å². The zero-order chi connectivity index (χ0) is 26.6. The minimum atomic E-state index is -0.211. The fraction of sp³-hybridized carbons (Fsp3) is 0.321. The Bertz CT molecular complexity index is 1470. The Morgan fingerprint density at radius 3 is 2.66 bits per heavy atom. The number of likely N-dealkylation sites (tertiary alicyclic amines) is 1. The Hall–Kier alpha value is -4.05. The first-order valence-electron chi connectivity index (χ1n) is 12.8.